The lowest BCUT2D eigenvalue weighted by Gasteiger charge is -2.18. The number of benzene rings is 3. The smallest absolute Gasteiger partial charge is 0.137 e. The number of aryl methyl sites for hydroxylation is 1. The molecule has 0 spiro atoms. The molecule has 130 valence electrons. The molecular formula is C22H26NO2+. The first-order chi connectivity index (χ1) is 12.1. The lowest BCUT2D eigenvalue weighted by Crippen LogP contribution is -3.09. The van der Waals surface area contributed by atoms with E-state index in [1.165, 1.54) is 21.4 Å². The Kier molecular flexibility index (Phi) is 5.69. The molecule has 0 saturated carbocycles. The Morgan fingerprint density at radius 2 is 1.68 bits per heavy atom. The Morgan fingerprint density at radius 1 is 0.960 bits per heavy atom. The van der Waals surface area contributed by atoms with Crippen LogP contribution >= 0.6 is 0 Å². The molecule has 0 aliphatic rings. The van der Waals surface area contributed by atoms with Gasteiger partial charge in [-0.25, -0.2) is 0 Å². The van der Waals surface area contributed by atoms with Crippen molar-refractivity contribution in [1.29, 1.82) is 0 Å². The first-order valence-corrected chi connectivity index (χ1v) is 8.76. The molecule has 0 saturated heterocycles. The normalized spacial score (nSPS) is 13.6. The molecule has 0 amide bonds. The second-order valence-electron chi connectivity index (χ2n) is 6.80. The number of rotatable bonds is 7. The zero-order valence-corrected chi connectivity index (χ0v) is 14.9. The van der Waals surface area contributed by atoms with Crippen molar-refractivity contribution in [1.82, 2.24) is 0 Å². The van der Waals surface area contributed by atoms with Crippen molar-refractivity contribution in [3.8, 4) is 5.75 Å². The number of likely N-dealkylation sites (N-methyl/N-ethyl adjacent to an activating group) is 1. The summed E-state index contributed by atoms with van der Waals surface area (Å²) in [6.07, 6.45) is -0.489. The summed E-state index contributed by atoms with van der Waals surface area (Å²) < 4.78 is 5.78. The van der Waals surface area contributed by atoms with Crippen LogP contribution in [0.4, 0.5) is 0 Å². The maximum Gasteiger partial charge on any atom is 0.137 e. The Balaban J connectivity index is 1.49. The van der Waals surface area contributed by atoms with Gasteiger partial charge in [0.15, 0.2) is 0 Å². The molecule has 0 radical (unpaired) electrons. The lowest BCUT2D eigenvalue weighted by molar-refractivity contribution is -0.897. The number of aliphatic hydroxyl groups is 1. The van der Waals surface area contributed by atoms with Crippen molar-refractivity contribution in [2.75, 3.05) is 20.2 Å². The summed E-state index contributed by atoms with van der Waals surface area (Å²) in [5.74, 6) is 0.800. The average molecular weight is 336 g/mol. The van der Waals surface area contributed by atoms with E-state index in [1.807, 2.05) is 30.3 Å². The maximum absolute atomic E-state index is 10.3. The van der Waals surface area contributed by atoms with Crippen molar-refractivity contribution < 1.29 is 14.7 Å². The Morgan fingerprint density at radius 3 is 2.44 bits per heavy atom. The van der Waals surface area contributed by atoms with Gasteiger partial charge in [0.2, 0.25) is 0 Å². The SMILES string of the molecule is Cc1ccc(C[NH+](C)C[C@H](O)COc2ccc3ccccc3c2)cc1. The number of fused-ring (bicyclic) bond motifs is 1. The molecule has 2 atom stereocenters. The monoisotopic (exact) mass is 336 g/mol. The Labute approximate surface area is 149 Å². The van der Waals surface area contributed by atoms with Crippen LogP contribution < -0.4 is 9.64 Å². The molecule has 25 heavy (non-hydrogen) atoms. The van der Waals surface area contributed by atoms with E-state index in [-0.39, 0.29) is 0 Å². The minimum atomic E-state index is -0.489. The highest BCUT2D eigenvalue weighted by atomic mass is 16.5. The highest BCUT2D eigenvalue weighted by Gasteiger charge is 2.13. The van der Waals surface area contributed by atoms with Gasteiger partial charge in [0.25, 0.3) is 0 Å². The molecule has 0 heterocycles. The van der Waals surface area contributed by atoms with E-state index >= 15 is 0 Å². The van der Waals surface area contributed by atoms with Gasteiger partial charge in [-0.15, -0.1) is 0 Å². The standard InChI is InChI=1S/C22H25NO2/c1-17-7-9-18(10-8-17)14-23(2)15-21(24)16-25-22-12-11-19-5-3-4-6-20(19)13-22/h3-13,21,24H,14-16H2,1-2H3/p+1/t21-/m0/s1. The van der Waals surface area contributed by atoms with Crippen molar-refractivity contribution in [3.63, 3.8) is 0 Å². The summed E-state index contributed by atoms with van der Waals surface area (Å²) >= 11 is 0. The summed E-state index contributed by atoms with van der Waals surface area (Å²) in [6, 6.07) is 22.8. The molecule has 2 N–H and O–H groups in total. The second-order valence-corrected chi connectivity index (χ2v) is 6.80. The average Bonchev–Trinajstić information content (AvgIpc) is 2.61. The van der Waals surface area contributed by atoms with Gasteiger partial charge in [0, 0.05) is 5.56 Å². The van der Waals surface area contributed by atoms with Crippen LogP contribution in [0.25, 0.3) is 10.8 Å². The largest absolute Gasteiger partial charge is 0.491 e. The summed E-state index contributed by atoms with van der Waals surface area (Å²) in [5, 5.41) is 12.6. The van der Waals surface area contributed by atoms with Crippen LogP contribution in [0.15, 0.2) is 66.7 Å². The van der Waals surface area contributed by atoms with Crippen molar-refractivity contribution in [2.24, 2.45) is 0 Å². The third-order valence-corrected chi connectivity index (χ3v) is 4.37. The molecule has 0 bridgehead atoms. The van der Waals surface area contributed by atoms with E-state index in [1.54, 1.807) is 0 Å². The summed E-state index contributed by atoms with van der Waals surface area (Å²) in [6.45, 7) is 3.95. The lowest BCUT2D eigenvalue weighted by atomic mass is 10.1. The zero-order chi connectivity index (χ0) is 17.6. The molecule has 3 rings (SSSR count). The number of aliphatic hydroxyl groups excluding tert-OH is 1. The molecule has 3 heteroatoms. The van der Waals surface area contributed by atoms with E-state index in [9.17, 15) is 5.11 Å². The number of nitrogens with one attached hydrogen (secondary N) is 1. The van der Waals surface area contributed by atoms with Gasteiger partial charge in [0.05, 0.1) is 7.05 Å². The molecule has 0 fully saturated rings. The summed E-state index contributed by atoms with van der Waals surface area (Å²) in [5.41, 5.74) is 2.55. The number of hydrogen-bond donors (Lipinski definition) is 2. The number of ether oxygens (including phenoxy) is 1. The predicted molar refractivity (Wildman–Crippen MR) is 102 cm³/mol. The fourth-order valence-electron chi connectivity index (χ4n) is 3.04. The van der Waals surface area contributed by atoms with Gasteiger partial charge < -0.3 is 14.7 Å². The number of quaternary nitrogens is 1. The topological polar surface area (TPSA) is 33.9 Å². The highest BCUT2D eigenvalue weighted by Crippen LogP contribution is 2.20. The van der Waals surface area contributed by atoms with Gasteiger partial charge in [0.1, 0.15) is 31.5 Å². The van der Waals surface area contributed by atoms with E-state index in [4.69, 9.17) is 4.74 Å². The van der Waals surface area contributed by atoms with E-state index in [2.05, 4.69) is 50.4 Å². The number of hydrogen-bond acceptors (Lipinski definition) is 2. The van der Waals surface area contributed by atoms with E-state index in [0.717, 1.165) is 17.7 Å². The van der Waals surface area contributed by atoms with Crippen molar-refractivity contribution in [2.45, 2.75) is 19.6 Å². The van der Waals surface area contributed by atoms with Crippen LogP contribution in [-0.2, 0) is 6.54 Å². The van der Waals surface area contributed by atoms with Gasteiger partial charge >= 0.3 is 0 Å². The molecule has 3 nitrogen and oxygen atoms in total. The minimum absolute atomic E-state index is 0.309. The molecule has 1 unspecified atom stereocenters. The second kappa shape index (κ2) is 8.15. The highest BCUT2D eigenvalue weighted by molar-refractivity contribution is 5.83. The Hall–Kier alpha value is -2.36. The fourth-order valence-corrected chi connectivity index (χ4v) is 3.04. The van der Waals surface area contributed by atoms with Gasteiger partial charge in [-0.05, 0) is 29.8 Å². The van der Waals surface area contributed by atoms with Crippen LogP contribution in [0.2, 0.25) is 0 Å². The predicted octanol–water partition coefficient (Wildman–Crippen LogP) is 2.60. The molecule has 0 aliphatic carbocycles. The maximum atomic E-state index is 10.3. The van der Waals surface area contributed by atoms with Crippen LogP contribution in [0.5, 0.6) is 5.75 Å². The Bertz CT molecular complexity index is 814. The van der Waals surface area contributed by atoms with Crippen molar-refractivity contribution >= 4 is 10.8 Å². The molecule has 3 aromatic rings. The van der Waals surface area contributed by atoms with E-state index in [0.29, 0.717) is 13.2 Å². The molecule has 0 aliphatic heterocycles. The van der Waals surface area contributed by atoms with E-state index < -0.39 is 6.10 Å². The van der Waals surface area contributed by atoms with Crippen LogP contribution in [0, 0.1) is 6.92 Å². The van der Waals surface area contributed by atoms with Gasteiger partial charge in [-0.3, -0.25) is 0 Å². The first-order valence-electron chi connectivity index (χ1n) is 8.76. The molecular weight excluding hydrogens is 310 g/mol. The van der Waals surface area contributed by atoms with Crippen molar-refractivity contribution in [3.05, 3.63) is 77.9 Å². The first kappa shape index (κ1) is 17.5. The third kappa shape index (κ3) is 5.05. The molecule has 0 aromatic heterocycles. The van der Waals surface area contributed by atoms with Crippen LogP contribution in [-0.4, -0.2) is 31.4 Å². The third-order valence-electron chi connectivity index (χ3n) is 4.37. The van der Waals surface area contributed by atoms with Crippen LogP contribution in [0.3, 0.4) is 0 Å². The molecule has 3 aromatic carbocycles. The zero-order valence-electron chi connectivity index (χ0n) is 14.9. The quantitative estimate of drug-likeness (QED) is 0.695. The minimum Gasteiger partial charge on any atom is -0.491 e. The summed E-state index contributed by atoms with van der Waals surface area (Å²) in [7, 11) is 2.10. The summed E-state index contributed by atoms with van der Waals surface area (Å²) in [4.78, 5) is 1.26. The van der Waals surface area contributed by atoms with Gasteiger partial charge in [-0.2, -0.15) is 0 Å². The van der Waals surface area contributed by atoms with Crippen LogP contribution in [0.1, 0.15) is 11.1 Å². The fraction of sp³-hybridized carbons (Fsp3) is 0.273. The van der Waals surface area contributed by atoms with Gasteiger partial charge in [-0.1, -0.05) is 60.2 Å².